The number of para-hydroxylation sites is 1. The van der Waals surface area contributed by atoms with Gasteiger partial charge in [-0.3, -0.25) is 4.90 Å². The number of rotatable bonds is 0. The van der Waals surface area contributed by atoms with Crippen molar-refractivity contribution in [3.8, 4) is 0 Å². The van der Waals surface area contributed by atoms with Crippen molar-refractivity contribution in [3.63, 3.8) is 0 Å². The largest absolute Gasteiger partial charge is 0.386 e. The quantitative estimate of drug-likeness (QED) is 0.660. The molecular weight excluding hydrogens is 256 g/mol. The van der Waals surface area contributed by atoms with Crippen LogP contribution in [0, 0.1) is 0 Å². The van der Waals surface area contributed by atoms with Gasteiger partial charge in [-0.1, -0.05) is 30.4 Å². The second-order valence-corrected chi connectivity index (χ2v) is 4.70. The third-order valence-corrected chi connectivity index (χ3v) is 3.50. The molecule has 0 spiro atoms. The number of aliphatic hydroxyl groups is 2. The zero-order valence-corrected chi connectivity index (χ0v) is 10.6. The SMILES string of the molecule is NC(=O)N1C=CC2=C(c3ccccc31)C(O)C(O)C=C2. The number of nitrogens with two attached hydrogens (primary N) is 1. The van der Waals surface area contributed by atoms with E-state index in [2.05, 4.69) is 0 Å². The normalized spacial score (nSPS) is 24.2. The lowest BCUT2D eigenvalue weighted by Gasteiger charge is -2.25. The van der Waals surface area contributed by atoms with Crippen molar-refractivity contribution in [2.75, 3.05) is 4.90 Å². The molecule has 20 heavy (non-hydrogen) atoms. The second-order valence-electron chi connectivity index (χ2n) is 4.70. The molecule has 0 fully saturated rings. The van der Waals surface area contributed by atoms with E-state index >= 15 is 0 Å². The summed E-state index contributed by atoms with van der Waals surface area (Å²) in [5.74, 6) is 0. The number of nitrogens with zero attached hydrogens (tertiary/aromatic N) is 1. The van der Waals surface area contributed by atoms with Crippen LogP contribution < -0.4 is 10.6 Å². The fraction of sp³-hybridized carbons (Fsp3) is 0.133. The minimum Gasteiger partial charge on any atom is -0.386 e. The summed E-state index contributed by atoms with van der Waals surface area (Å²) in [4.78, 5) is 12.9. The Balaban J connectivity index is 2.25. The van der Waals surface area contributed by atoms with Gasteiger partial charge in [-0.05, 0) is 17.7 Å². The van der Waals surface area contributed by atoms with E-state index in [9.17, 15) is 15.0 Å². The minimum absolute atomic E-state index is 0.586. The highest BCUT2D eigenvalue weighted by atomic mass is 16.3. The summed E-state index contributed by atoms with van der Waals surface area (Å²) in [5.41, 5.74) is 8.00. The molecule has 2 aliphatic rings. The van der Waals surface area contributed by atoms with Crippen LogP contribution in [-0.4, -0.2) is 28.5 Å². The number of primary amides is 1. The number of urea groups is 1. The van der Waals surface area contributed by atoms with Crippen molar-refractivity contribution in [1.82, 2.24) is 0 Å². The predicted molar refractivity (Wildman–Crippen MR) is 75.7 cm³/mol. The molecule has 102 valence electrons. The molecule has 5 heteroatoms. The van der Waals surface area contributed by atoms with Gasteiger partial charge < -0.3 is 15.9 Å². The number of hydrogen-bond acceptors (Lipinski definition) is 3. The van der Waals surface area contributed by atoms with Crippen molar-refractivity contribution in [1.29, 1.82) is 0 Å². The Morgan fingerprint density at radius 3 is 2.70 bits per heavy atom. The first kappa shape index (κ1) is 12.7. The summed E-state index contributed by atoms with van der Waals surface area (Å²) in [7, 11) is 0. The number of fused-ring (bicyclic) bond motifs is 2. The van der Waals surface area contributed by atoms with Crippen molar-refractivity contribution >= 4 is 17.3 Å². The molecule has 1 aliphatic heterocycles. The number of aliphatic hydroxyl groups excluding tert-OH is 2. The van der Waals surface area contributed by atoms with Gasteiger partial charge in [0.2, 0.25) is 0 Å². The predicted octanol–water partition coefficient (Wildman–Crippen LogP) is 1.14. The summed E-state index contributed by atoms with van der Waals surface area (Å²) < 4.78 is 0. The number of allylic oxidation sites excluding steroid dienone is 3. The maximum Gasteiger partial charge on any atom is 0.323 e. The molecule has 0 saturated carbocycles. The highest BCUT2D eigenvalue weighted by Gasteiger charge is 2.30. The standard InChI is InChI=1S/C15H14N2O3/c16-15(20)17-8-7-9-5-6-12(18)14(19)13(9)10-3-1-2-4-11(10)17/h1-8,12,14,18-19H,(H2,16,20). The third kappa shape index (κ3) is 1.84. The molecule has 0 radical (unpaired) electrons. The third-order valence-electron chi connectivity index (χ3n) is 3.50. The minimum atomic E-state index is -1.03. The van der Waals surface area contributed by atoms with Gasteiger partial charge in [0.1, 0.15) is 12.2 Å². The number of carbonyl (C=O) groups is 1. The Bertz CT molecular complexity index is 661. The van der Waals surface area contributed by atoms with Crippen molar-refractivity contribution < 1.29 is 15.0 Å². The van der Waals surface area contributed by atoms with Crippen LogP contribution in [0.2, 0.25) is 0 Å². The van der Waals surface area contributed by atoms with Crippen LogP contribution in [0.5, 0.6) is 0 Å². The monoisotopic (exact) mass is 270 g/mol. The van der Waals surface area contributed by atoms with Crippen LogP contribution in [0.4, 0.5) is 10.5 Å². The number of hydrogen-bond donors (Lipinski definition) is 3. The van der Waals surface area contributed by atoms with Gasteiger partial charge in [-0.2, -0.15) is 0 Å². The molecule has 3 rings (SSSR count). The molecule has 2 unspecified atom stereocenters. The van der Waals surface area contributed by atoms with E-state index in [0.717, 1.165) is 5.57 Å². The molecule has 0 saturated heterocycles. The Morgan fingerprint density at radius 2 is 1.95 bits per heavy atom. The fourth-order valence-electron chi connectivity index (χ4n) is 2.54. The summed E-state index contributed by atoms with van der Waals surface area (Å²) >= 11 is 0. The summed E-state index contributed by atoms with van der Waals surface area (Å²) in [6, 6.07) is 6.54. The van der Waals surface area contributed by atoms with Crippen LogP contribution in [0.25, 0.3) is 5.57 Å². The van der Waals surface area contributed by atoms with E-state index < -0.39 is 18.2 Å². The van der Waals surface area contributed by atoms with Gasteiger partial charge in [-0.25, -0.2) is 4.79 Å². The lowest BCUT2D eigenvalue weighted by Crippen LogP contribution is -2.32. The molecule has 1 heterocycles. The molecule has 1 aromatic carbocycles. The Hall–Kier alpha value is -2.37. The first-order chi connectivity index (χ1) is 9.59. The van der Waals surface area contributed by atoms with E-state index in [1.165, 1.54) is 11.0 Å². The average molecular weight is 270 g/mol. The molecule has 5 nitrogen and oxygen atoms in total. The molecule has 1 aliphatic carbocycles. The molecule has 0 aromatic heterocycles. The summed E-state index contributed by atoms with van der Waals surface area (Å²) in [6.45, 7) is 0. The van der Waals surface area contributed by atoms with Crippen LogP contribution in [0.1, 0.15) is 5.56 Å². The number of anilines is 1. The molecular formula is C15H14N2O3. The van der Waals surface area contributed by atoms with Gasteiger partial charge in [0.05, 0.1) is 5.69 Å². The van der Waals surface area contributed by atoms with Crippen LogP contribution >= 0.6 is 0 Å². The molecule has 2 amide bonds. The molecule has 1 aromatic rings. The Labute approximate surface area is 115 Å². The van der Waals surface area contributed by atoms with Crippen LogP contribution in [-0.2, 0) is 0 Å². The highest BCUT2D eigenvalue weighted by Crippen LogP contribution is 2.37. The number of carbonyl (C=O) groups excluding carboxylic acids is 1. The van der Waals surface area contributed by atoms with Gasteiger partial charge >= 0.3 is 6.03 Å². The molecule has 2 atom stereocenters. The number of benzene rings is 1. The van der Waals surface area contributed by atoms with Crippen molar-refractivity contribution in [3.05, 3.63) is 59.8 Å². The molecule has 4 N–H and O–H groups in total. The smallest absolute Gasteiger partial charge is 0.323 e. The van der Waals surface area contributed by atoms with Gasteiger partial charge in [0, 0.05) is 17.3 Å². The zero-order valence-electron chi connectivity index (χ0n) is 10.6. The van der Waals surface area contributed by atoms with E-state index in [1.807, 2.05) is 6.07 Å². The van der Waals surface area contributed by atoms with E-state index in [1.54, 1.807) is 36.6 Å². The Morgan fingerprint density at radius 1 is 1.20 bits per heavy atom. The highest BCUT2D eigenvalue weighted by molar-refractivity contribution is 5.99. The van der Waals surface area contributed by atoms with Crippen LogP contribution in [0.15, 0.2) is 54.3 Å². The summed E-state index contributed by atoms with van der Waals surface area (Å²) in [6.07, 6.45) is 4.52. The van der Waals surface area contributed by atoms with Gasteiger partial charge in [0.25, 0.3) is 0 Å². The van der Waals surface area contributed by atoms with E-state index in [4.69, 9.17) is 5.73 Å². The first-order valence-electron chi connectivity index (χ1n) is 6.24. The lowest BCUT2D eigenvalue weighted by molar-refractivity contribution is 0.0856. The maximum absolute atomic E-state index is 11.6. The van der Waals surface area contributed by atoms with Crippen LogP contribution in [0.3, 0.4) is 0 Å². The maximum atomic E-state index is 11.6. The lowest BCUT2D eigenvalue weighted by atomic mass is 9.87. The van der Waals surface area contributed by atoms with Gasteiger partial charge in [-0.15, -0.1) is 0 Å². The second kappa shape index (κ2) is 4.63. The fourth-order valence-corrected chi connectivity index (χ4v) is 2.54. The van der Waals surface area contributed by atoms with E-state index in [-0.39, 0.29) is 0 Å². The van der Waals surface area contributed by atoms with Crippen molar-refractivity contribution in [2.24, 2.45) is 5.73 Å². The number of amides is 2. The summed E-state index contributed by atoms with van der Waals surface area (Å²) in [5, 5.41) is 20.1. The van der Waals surface area contributed by atoms with Gasteiger partial charge in [0.15, 0.2) is 0 Å². The topological polar surface area (TPSA) is 86.8 Å². The zero-order chi connectivity index (χ0) is 14.3. The first-order valence-corrected chi connectivity index (χ1v) is 6.24. The molecule has 0 bridgehead atoms. The Kier molecular flexibility index (Phi) is 2.93. The van der Waals surface area contributed by atoms with E-state index in [0.29, 0.717) is 16.8 Å². The van der Waals surface area contributed by atoms with Crippen molar-refractivity contribution in [2.45, 2.75) is 12.2 Å². The average Bonchev–Trinajstić information content (AvgIpc) is 2.60.